The van der Waals surface area contributed by atoms with Crippen molar-refractivity contribution in [3.63, 3.8) is 0 Å². The van der Waals surface area contributed by atoms with Crippen molar-refractivity contribution in [1.82, 2.24) is 0 Å². The molecule has 0 aliphatic carbocycles. The molecule has 0 aromatic heterocycles. The molecule has 250 valence electrons. The first-order valence-electron chi connectivity index (χ1n) is 10.1. The van der Waals surface area contributed by atoms with Crippen molar-refractivity contribution in [3.05, 3.63) is 35.9 Å². The first-order valence-corrected chi connectivity index (χ1v) is 28.3. The molecule has 0 radical (unpaired) electrons. The number of hydrogen-bond acceptors (Lipinski definition) is 17. The molecule has 19 nitrogen and oxygen atoms in total. The Labute approximate surface area is 254 Å². The van der Waals surface area contributed by atoms with Crippen molar-refractivity contribution >= 4 is 93.6 Å². The summed E-state index contributed by atoms with van der Waals surface area (Å²) >= 11 is -41.6. The predicted octanol–water partition coefficient (Wildman–Crippen LogP) is 0.232. The summed E-state index contributed by atoms with van der Waals surface area (Å²) in [6.07, 6.45) is -3.53. The Bertz CT molecular complexity index is 1360. The summed E-state index contributed by atoms with van der Waals surface area (Å²) in [7, 11) is 0. The number of benzene rings is 1. The van der Waals surface area contributed by atoms with Gasteiger partial charge in [0.15, 0.2) is 0 Å². The van der Waals surface area contributed by atoms with Gasteiger partial charge in [-0.1, -0.05) is 0 Å². The van der Waals surface area contributed by atoms with E-state index in [0.717, 1.165) is 0 Å². The standard InChI is InChI=1S/C12H16As6F6O19/c19-13(26,27)34-8-4-7-11(9-12(25)10-5-2-1-3-6-10)35-15(21,30)37-39-17(23,32)41-43-18(24,33)42-40-16(22,31)38-36-14(20,28)29/h1-3,5-6,11H,4,7-9H2,(H,26,27)(H,28,29). The number of ketones is 1. The second-order valence-corrected chi connectivity index (χ2v) is 21.4. The van der Waals surface area contributed by atoms with Gasteiger partial charge < -0.3 is 0 Å². The minimum absolute atomic E-state index is 0.0315. The van der Waals surface area contributed by atoms with Crippen LogP contribution in [-0.2, 0) is 60.9 Å². The maximum atomic E-state index is 14.4. The van der Waals surface area contributed by atoms with Gasteiger partial charge in [0.05, 0.1) is 0 Å². The topological polar surface area (TPSA) is 252 Å². The Balaban J connectivity index is 2.74. The summed E-state index contributed by atoms with van der Waals surface area (Å²) in [6.45, 7) is -0.773. The summed E-state index contributed by atoms with van der Waals surface area (Å²) < 4.78 is 195. The summed E-state index contributed by atoms with van der Waals surface area (Å²) in [5, 5.41) is 0. The Morgan fingerprint density at radius 3 is 1.49 bits per heavy atom. The van der Waals surface area contributed by atoms with Crippen LogP contribution in [-0.4, -0.2) is 115 Å². The van der Waals surface area contributed by atoms with Gasteiger partial charge >= 0.3 is 256 Å². The Hall–Kier alpha value is 0.141. The summed E-state index contributed by atoms with van der Waals surface area (Å²) in [5.74, 6) is -0.766. The van der Waals surface area contributed by atoms with E-state index in [0.29, 0.717) is 0 Å². The molecule has 2 N–H and O–H groups in total. The van der Waals surface area contributed by atoms with E-state index in [1.54, 1.807) is 0 Å². The van der Waals surface area contributed by atoms with E-state index >= 15 is 0 Å². The summed E-state index contributed by atoms with van der Waals surface area (Å²) in [5.41, 5.74) is 0.0315. The molecule has 0 bridgehead atoms. The molecule has 31 heteroatoms. The van der Waals surface area contributed by atoms with Gasteiger partial charge in [0.1, 0.15) is 0 Å². The molecule has 43 heavy (non-hydrogen) atoms. The normalized spacial score (nSPS) is 21.2. The third kappa shape index (κ3) is 20.8. The van der Waals surface area contributed by atoms with Gasteiger partial charge in [0, 0.05) is 0 Å². The zero-order valence-electron chi connectivity index (χ0n) is 20.1. The van der Waals surface area contributed by atoms with Gasteiger partial charge in [-0.25, -0.2) is 0 Å². The number of hydrogen-bond donors (Lipinski definition) is 2. The number of Topliss-reactive ketones (excluding diaryl/α,β-unsaturated/α-hetero) is 1. The molecule has 0 saturated heterocycles. The second-order valence-electron chi connectivity index (χ2n) is 6.92. The number of halogens is 6. The van der Waals surface area contributed by atoms with Gasteiger partial charge in [-0.2, -0.15) is 0 Å². The molecule has 0 aliphatic rings. The molecule has 0 spiro atoms. The van der Waals surface area contributed by atoms with E-state index < -0.39 is 126 Å². The van der Waals surface area contributed by atoms with E-state index in [9.17, 15) is 48.0 Å². The number of carbonyl (C=O) groups excluding carboxylic acids is 1. The second kappa shape index (κ2) is 17.3. The van der Waals surface area contributed by atoms with Crippen molar-refractivity contribution in [2.45, 2.75) is 25.4 Å². The third-order valence-corrected chi connectivity index (χ3v) is 12.2. The van der Waals surface area contributed by atoms with Crippen LogP contribution in [0.2, 0.25) is 0 Å². The van der Waals surface area contributed by atoms with E-state index in [1.165, 1.54) is 30.3 Å². The van der Waals surface area contributed by atoms with Crippen LogP contribution in [0.5, 0.6) is 0 Å². The molecule has 0 fully saturated rings. The third-order valence-electron chi connectivity index (χ3n) is 3.55. The van der Waals surface area contributed by atoms with Crippen molar-refractivity contribution in [2.75, 3.05) is 6.61 Å². The monoisotopic (exact) mass is 1030 g/mol. The molecular weight excluding hydrogens is 1010 g/mol. The molecule has 1 aromatic carbocycles. The van der Waals surface area contributed by atoms with Gasteiger partial charge in [-0.3, -0.25) is 0 Å². The van der Waals surface area contributed by atoms with E-state index in [4.69, 9.17) is 8.19 Å². The Morgan fingerprint density at radius 2 is 1.07 bits per heavy atom. The van der Waals surface area contributed by atoms with Crippen molar-refractivity contribution < 1.29 is 94.7 Å². The molecule has 0 aliphatic heterocycles. The van der Waals surface area contributed by atoms with E-state index in [2.05, 4.69) is 38.5 Å². The maximum absolute atomic E-state index is 14.4. The van der Waals surface area contributed by atoms with Crippen LogP contribution in [0.4, 0.5) is 20.8 Å². The van der Waals surface area contributed by atoms with Crippen LogP contribution in [0.3, 0.4) is 0 Å². The van der Waals surface area contributed by atoms with Gasteiger partial charge in [0.25, 0.3) is 0 Å². The van der Waals surface area contributed by atoms with Crippen LogP contribution in [0.15, 0.2) is 30.3 Å². The average molecular weight is 1030 g/mol. The predicted molar refractivity (Wildman–Crippen MR) is 114 cm³/mol. The fraction of sp³-hybridized carbons (Fsp3) is 0.417. The Kier molecular flexibility index (Phi) is 16.6. The van der Waals surface area contributed by atoms with Crippen LogP contribution in [0.1, 0.15) is 29.6 Å². The summed E-state index contributed by atoms with van der Waals surface area (Å²) in [6, 6.07) is 7.00. The molecule has 0 heterocycles. The number of rotatable bonds is 22. The molecule has 1 aromatic rings. The fourth-order valence-electron chi connectivity index (χ4n) is 2.18. The number of carbonyl (C=O) groups is 1. The first kappa shape index (κ1) is 41.2. The van der Waals surface area contributed by atoms with E-state index in [1.807, 2.05) is 0 Å². The van der Waals surface area contributed by atoms with Gasteiger partial charge in [0.2, 0.25) is 0 Å². The van der Waals surface area contributed by atoms with E-state index in [-0.39, 0.29) is 5.56 Å². The minimum atomic E-state index is -7.35. The molecular formula is C12H16As6F6O19. The molecule has 0 saturated carbocycles. The zero-order valence-corrected chi connectivity index (χ0v) is 31.3. The quantitative estimate of drug-likeness (QED) is 0.0394. The van der Waals surface area contributed by atoms with Crippen molar-refractivity contribution in [1.29, 1.82) is 0 Å². The average Bonchev–Trinajstić information content (AvgIpc) is 2.86. The van der Waals surface area contributed by atoms with Crippen LogP contribution < -0.4 is 0 Å². The van der Waals surface area contributed by atoms with Crippen LogP contribution in [0, 0.1) is 0 Å². The fourth-order valence-corrected chi connectivity index (χ4v) is 12.6. The molecule has 1 rings (SSSR count). The van der Waals surface area contributed by atoms with Gasteiger partial charge in [-0.05, 0) is 0 Å². The van der Waals surface area contributed by atoms with Crippen LogP contribution >= 0.6 is 0 Å². The molecule has 0 amide bonds. The molecule has 7 atom stereocenters. The van der Waals surface area contributed by atoms with Crippen molar-refractivity contribution in [3.8, 4) is 0 Å². The SMILES string of the molecule is O=C(CC(CCCO[As](=O)(O)F)O[As](=O)(F)OO[As](=O)(F)OO[As](=O)(F)OO[As](=O)(F)OO[As](=O)(O)F)c1ccccc1. The zero-order chi connectivity index (χ0) is 33.2. The molecule has 7 unspecified atom stereocenters. The Morgan fingerprint density at radius 1 is 0.651 bits per heavy atom. The first-order chi connectivity index (χ1) is 19.4. The van der Waals surface area contributed by atoms with Crippen LogP contribution in [0.25, 0.3) is 0 Å². The van der Waals surface area contributed by atoms with Gasteiger partial charge in [-0.15, -0.1) is 0 Å². The summed E-state index contributed by atoms with van der Waals surface area (Å²) in [4.78, 5) is 12.4. The van der Waals surface area contributed by atoms with Crippen molar-refractivity contribution in [2.24, 2.45) is 0 Å².